The summed E-state index contributed by atoms with van der Waals surface area (Å²) in [5, 5.41) is 2.89. The summed E-state index contributed by atoms with van der Waals surface area (Å²) in [7, 11) is 0. The van der Waals surface area contributed by atoms with Crippen molar-refractivity contribution in [1.82, 2.24) is 5.32 Å². The number of amides is 1. The van der Waals surface area contributed by atoms with Crippen LogP contribution in [0.2, 0.25) is 0 Å². The molecule has 0 aliphatic heterocycles. The van der Waals surface area contributed by atoms with Crippen molar-refractivity contribution in [2.24, 2.45) is 5.92 Å². The maximum Gasteiger partial charge on any atom is 0.407 e. The molecule has 0 heterocycles. The molecule has 170 valence electrons. The summed E-state index contributed by atoms with van der Waals surface area (Å²) in [5.41, 5.74) is 0.704. The molecule has 0 saturated heterocycles. The minimum Gasteiger partial charge on any atom is -0.444 e. The van der Waals surface area contributed by atoms with Gasteiger partial charge in [0.1, 0.15) is 5.60 Å². The summed E-state index contributed by atoms with van der Waals surface area (Å²) in [6.07, 6.45) is 1.52. The number of nitrogens with one attached hydrogen (secondary N) is 1. The predicted octanol–water partition coefficient (Wildman–Crippen LogP) is 3.56. The Balaban J connectivity index is 1.30. The SMILES string of the molecule is CC(C)(C)OC(=O)N[C@H]1C[C@H](COCCOCCOCCOCc2ccccc2)C1. The molecule has 1 fully saturated rings. The molecule has 1 aliphatic rings. The van der Waals surface area contributed by atoms with Crippen LogP contribution in [0.15, 0.2) is 30.3 Å². The van der Waals surface area contributed by atoms with Gasteiger partial charge in [0.2, 0.25) is 0 Å². The lowest BCUT2D eigenvalue weighted by Gasteiger charge is -2.35. The van der Waals surface area contributed by atoms with E-state index in [1.807, 2.05) is 51.1 Å². The van der Waals surface area contributed by atoms with Crippen LogP contribution in [0.5, 0.6) is 0 Å². The van der Waals surface area contributed by atoms with Crippen molar-refractivity contribution in [3.05, 3.63) is 35.9 Å². The normalized spacial score (nSPS) is 18.6. The van der Waals surface area contributed by atoms with Gasteiger partial charge in [-0.1, -0.05) is 30.3 Å². The molecule has 1 amide bonds. The van der Waals surface area contributed by atoms with Crippen LogP contribution in [0.1, 0.15) is 39.2 Å². The molecule has 0 radical (unpaired) electrons. The van der Waals surface area contributed by atoms with Crippen LogP contribution in [0.3, 0.4) is 0 Å². The molecule has 1 aromatic carbocycles. The molecule has 0 bridgehead atoms. The van der Waals surface area contributed by atoms with Gasteiger partial charge in [-0.3, -0.25) is 0 Å². The molecule has 0 unspecified atom stereocenters. The third kappa shape index (κ3) is 11.5. The molecule has 0 atom stereocenters. The average molecular weight is 424 g/mol. The Morgan fingerprint density at radius 2 is 1.47 bits per heavy atom. The van der Waals surface area contributed by atoms with E-state index in [0.717, 1.165) is 18.4 Å². The van der Waals surface area contributed by atoms with Gasteiger partial charge in [-0.2, -0.15) is 0 Å². The van der Waals surface area contributed by atoms with Gasteiger partial charge < -0.3 is 29.0 Å². The third-order valence-corrected chi connectivity index (χ3v) is 4.54. The second-order valence-electron chi connectivity index (χ2n) is 8.52. The molecule has 1 aliphatic carbocycles. The van der Waals surface area contributed by atoms with E-state index in [0.29, 0.717) is 58.8 Å². The molecule has 1 saturated carbocycles. The molecular weight excluding hydrogens is 386 g/mol. The number of benzene rings is 1. The predicted molar refractivity (Wildman–Crippen MR) is 114 cm³/mol. The quantitative estimate of drug-likeness (QED) is 0.461. The Morgan fingerprint density at radius 1 is 0.900 bits per heavy atom. The molecule has 30 heavy (non-hydrogen) atoms. The minimum atomic E-state index is -0.461. The molecule has 1 N–H and O–H groups in total. The molecule has 0 spiro atoms. The van der Waals surface area contributed by atoms with E-state index in [4.69, 9.17) is 23.7 Å². The highest BCUT2D eigenvalue weighted by molar-refractivity contribution is 5.68. The first-order valence-corrected chi connectivity index (χ1v) is 10.8. The van der Waals surface area contributed by atoms with Crippen LogP contribution >= 0.6 is 0 Å². The maximum atomic E-state index is 11.7. The zero-order valence-corrected chi connectivity index (χ0v) is 18.6. The highest BCUT2D eigenvalue weighted by atomic mass is 16.6. The lowest BCUT2D eigenvalue weighted by atomic mass is 9.81. The fourth-order valence-electron chi connectivity index (χ4n) is 3.04. The average Bonchev–Trinajstić information content (AvgIpc) is 2.65. The van der Waals surface area contributed by atoms with Gasteiger partial charge in [0, 0.05) is 12.6 Å². The van der Waals surface area contributed by atoms with Crippen molar-refractivity contribution in [3.63, 3.8) is 0 Å². The van der Waals surface area contributed by atoms with E-state index in [1.54, 1.807) is 0 Å². The highest BCUT2D eigenvalue weighted by Gasteiger charge is 2.31. The number of alkyl carbamates (subject to hydrolysis) is 1. The first-order chi connectivity index (χ1) is 14.4. The summed E-state index contributed by atoms with van der Waals surface area (Å²) >= 11 is 0. The van der Waals surface area contributed by atoms with Crippen molar-refractivity contribution in [2.45, 2.75) is 51.9 Å². The van der Waals surface area contributed by atoms with Gasteiger partial charge >= 0.3 is 6.09 Å². The molecule has 7 nitrogen and oxygen atoms in total. The van der Waals surface area contributed by atoms with Crippen molar-refractivity contribution in [2.75, 3.05) is 46.2 Å². The number of carbonyl (C=O) groups excluding carboxylic acids is 1. The third-order valence-electron chi connectivity index (χ3n) is 4.54. The maximum absolute atomic E-state index is 11.7. The van der Waals surface area contributed by atoms with E-state index >= 15 is 0 Å². The fraction of sp³-hybridized carbons (Fsp3) is 0.696. The van der Waals surface area contributed by atoms with E-state index in [-0.39, 0.29) is 12.1 Å². The first kappa shape index (κ1) is 24.6. The van der Waals surface area contributed by atoms with E-state index in [9.17, 15) is 4.79 Å². The Labute approximate surface area is 180 Å². The molecule has 7 heteroatoms. The Morgan fingerprint density at radius 3 is 2.07 bits per heavy atom. The van der Waals surface area contributed by atoms with Gasteiger partial charge in [-0.15, -0.1) is 0 Å². The Bertz CT molecular complexity index is 583. The lowest BCUT2D eigenvalue weighted by Crippen LogP contribution is -2.47. The second kappa shape index (κ2) is 13.6. The van der Waals surface area contributed by atoms with Crippen LogP contribution < -0.4 is 5.32 Å². The lowest BCUT2D eigenvalue weighted by molar-refractivity contribution is -0.0147. The van der Waals surface area contributed by atoms with Gasteiger partial charge in [0.25, 0.3) is 0 Å². The van der Waals surface area contributed by atoms with Crippen LogP contribution in [-0.2, 0) is 30.3 Å². The van der Waals surface area contributed by atoms with Crippen LogP contribution in [-0.4, -0.2) is 64.0 Å². The number of rotatable bonds is 14. The minimum absolute atomic E-state index is 0.193. The molecular formula is C23H37NO6. The van der Waals surface area contributed by atoms with Crippen molar-refractivity contribution in [3.8, 4) is 0 Å². The smallest absolute Gasteiger partial charge is 0.407 e. The van der Waals surface area contributed by atoms with E-state index in [2.05, 4.69) is 5.32 Å². The Kier molecular flexibility index (Phi) is 11.1. The Hall–Kier alpha value is -1.67. The van der Waals surface area contributed by atoms with Crippen LogP contribution in [0, 0.1) is 5.92 Å². The highest BCUT2D eigenvalue weighted by Crippen LogP contribution is 2.27. The summed E-state index contributed by atoms with van der Waals surface area (Å²) in [6.45, 7) is 10.3. The molecule has 0 aromatic heterocycles. The monoisotopic (exact) mass is 423 g/mol. The number of carbonyl (C=O) groups is 1. The van der Waals surface area contributed by atoms with Gasteiger partial charge in [0.15, 0.2) is 0 Å². The summed E-state index contributed by atoms with van der Waals surface area (Å²) in [5.74, 6) is 0.490. The standard InChI is InChI=1S/C23H37NO6/c1-23(2,3)30-22(25)24-21-15-20(16-21)18-29-14-12-27-10-9-26-11-13-28-17-19-7-5-4-6-8-19/h4-8,20-21H,9-18H2,1-3H3,(H,24,25)/t20-,21-. The number of ether oxygens (including phenoxy) is 5. The van der Waals surface area contributed by atoms with Crippen LogP contribution in [0.4, 0.5) is 4.79 Å². The summed E-state index contributed by atoms with van der Waals surface area (Å²) < 4.78 is 27.4. The van der Waals surface area contributed by atoms with Crippen molar-refractivity contribution in [1.29, 1.82) is 0 Å². The molecule has 1 aromatic rings. The van der Waals surface area contributed by atoms with Crippen molar-refractivity contribution >= 4 is 6.09 Å². The summed E-state index contributed by atoms with van der Waals surface area (Å²) in [4.78, 5) is 11.7. The zero-order valence-electron chi connectivity index (χ0n) is 18.6. The van der Waals surface area contributed by atoms with Crippen LogP contribution in [0.25, 0.3) is 0 Å². The topological polar surface area (TPSA) is 75.3 Å². The molecule has 2 rings (SSSR count). The fourth-order valence-corrected chi connectivity index (χ4v) is 3.04. The number of hydrogen-bond acceptors (Lipinski definition) is 6. The first-order valence-electron chi connectivity index (χ1n) is 10.8. The summed E-state index contributed by atoms with van der Waals surface area (Å²) in [6, 6.07) is 10.3. The second-order valence-corrected chi connectivity index (χ2v) is 8.52. The van der Waals surface area contributed by atoms with Gasteiger partial charge in [-0.25, -0.2) is 4.79 Å². The van der Waals surface area contributed by atoms with Crippen molar-refractivity contribution < 1.29 is 28.5 Å². The largest absolute Gasteiger partial charge is 0.444 e. The number of hydrogen-bond donors (Lipinski definition) is 1. The van der Waals surface area contributed by atoms with E-state index in [1.165, 1.54) is 0 Å². The van der Waals surface area contributed by atoms with E-state index < -0.39 is 5.60 Å². The zero-order chi connectivity index (χ0) is 21.7. The van der Waals surface area contributed by atoms with Gasteiger partial charge in [-0.05, 0) is 45.1 Å². The van der Waals surface area contributed by atoms with Gasteiger partial charge in [0.05, 0.1) is 46.2 Å².